The van der Waals surface area contributed by atoms with Crippen LogP contribution in [0, 0.1) is 0 Å². The average Bonchev–Trinajstić information content (AvgIpc) is 2.18. The number of carboxylic acids is 1. The Kier molecular flexibility index (Phi) is 6.53. The number of hydrogen-bond donors (Lipinski definition) is 1. The third-order valence-electron chi connectivity index (χ3n) is 2.46. The third kappa shape index (κ3) is 4.51. The maximum atomic E-state index is 12.0. The van der Waals surface area contributed by atoms with Crippen LogP contribution < -0.4 is 0 Å². The van der Waals surface area contributed by atoms with Gasteiger partial charge in [-0.05, 0) is 27.7 Å². The Hall–Kier alpha value is -1.26. The SMILES string of the molecule is CCN(CCC(=O)O)C(=O)N(CC)C(C)C. The van der Waals surface area contributed by atoms with E-state index in [1.807, 2.05) is 27.7 Å². The minimum absolute atomic E-state index is 0.00473. The Bertz CT molecular complexity index is 241. The predicted octanol–water partition coefficient (Wildman–Crippen LogP) is 1.63. The van der Waals surface area contributed by atoms with Gasteiger partial charge in [-0.2, -0.15) is 0 Å². The summed E-state index contributed by atoms with van der Waals surface area (Å²) >= 11 is 0. The van der Waals surface area contributed by atoms with Crippen LogP contribution in [0.4, 0.5) is 4.79 Å². The van der Waals surface area contributed by atoms with Gasteiger partial charge in [0.15, 0.2) is 0 Å². The van der Waals surface area contributed by atoms with Gasteiger partial charge in [0.25, 0.3) is 0 Å². The van der Waals surface area contributed by atoms with Gasteiger partial charge in [0.2, 0.25) is 0 Å². The fourth-order valence-electron chi connectivity index (χ4n) is 1.52. The van der Waals surface area contributed by atoms with Crippen LogP contribution in [0.5, 0.6) is 0 Å². The van der Waals surface area contributed by atoms with Crippen LogP contribution in [-0.4, -0.2) is 52.6 Å². The van der Waals surface area contributed by atoms with Crippen molar-refractivity contribution >= 4 is 12.0 Å². The summed E-state index contributed by atoms with van der Waals surface area (Å²) in [5.74, 6) is -0.876. The molecule has 0 atom stereocenters. The molecule has 0 aliphatic carbocycles. The van der Waals surface area contributed by atoms with E-state index >= 15 is 0 Å². The molecule has 0 aliphatic heterocycles. The van der Waals surface area contributed by atoms with E-state index in [0.29, 0.717) is 13.1 Å². The normalized spacial score (nSPS) is 10.3. The summed E-state index contributed by atoms with van der Waals surface area (Å²) in [6, 6.07) is 0.0534. The highest BCUT2D eigenvalue weighted by Crippen LogP contribution is 2.05. The molecule has 0 rings (SSSR count). The van der Waals surface area contributed by atoms with Crippen LogP contribution in [0.25, 0.3) is 0 Å². The molecule has 0 aromatic rings. The van der Waals surface area contributed by atoms with Crippen molar-refractivity contribution in [3.8, 4) is 0 Å². The molecule has 16 heavy (non-hydrogen) atoms. The van der Waals surface area contributed by atoms with Crippen molar-refractivity contribution in [2.45, 2.75) is 40.2 Å². The Morgan fingerprint density at radius 1 is 1.19 bits per heavy atom. The highest BCUT2D eigenvalue weighted by Gasteiger charge is 2.20. The molecule has 0 heterocycles. The molecule has 2 amide bonds. The molecule has 5 heteroatoms. The second kappa shape index (κ2) is 7.09. The molecular formula is C11H22N2O3. The van der Waals surface area contributed by atoms with Gasteiger partial charge in [-0.15, -0.1) is 0 Å². The number of amides is 2. The zero-order valence-corrected chi connectivity index (χ0v) is 10.6. The van der Waals surface area contributed by atoms with Crippen molar-refractivity contribution in [1.29, 1.82) is 0 Å². The molecule has 0 spiro atoms. The number of carboxylic acid groups (broad SMARTS) is 1. The lowest BCUT2D eigenvalue weighted by atomic mass is 10.3. The summed E-state index contributed by atoms with van der Waals surface area (Å²) < 4.78 is 0. The first kappa shape index (κ1) is 14.7. The molecule has 0 fully saturated rings. The molecule has 0 saturated carbocycles. The number of nitrogens with zero attached hydrogens (tertiary/aromatic N) is 2. The van der Waals surface area contributed by atoms with Crippen LogP contribution in [0.3, 0.4) is 0 Å². The number of carbonyl (C=O) groups is 2. The highest BCUT2D eigenvalue weighted by molar-refractivity contribution is 5.75. The zero-order chi connectivity index (χ0) is 12.7. The third-order valence-corrected chi connectivity index (χ3v) is 2.46. The molecule has 0 saturated heterocycles. The van der Waals surface area contributed by atoms with Crippen molar-refractivity contribution < 1.29 is 14.7 Å². The molecule has 0 aromatic heterocycles. The van der Waals surface area contributed by atoms with Crippen molar-refractivity contribution in [3.05, 3.63) is 0 Å². The van der Waals surface area contributed by atoms with Crippen LogP contribution in [0.2, 0.25) is 0 Å². The lowest BCUT2D eigenvalue weighted by Gasteiger charge is -2.31. The number of hydrogen-bond acceptors (Lipinski definition) is 2. The van der Waals surface area contributed by atoms with Gasteiger partial charge in [-0.1, -0.05) is 0 Å². The summed E-state index contributed by atoms with van der Waals surface area (Å²) in [6.45, 7) is 9.12. The van der Waals surface area contributed by atoms with E-state index in [0.717, 1.165) is 0 Å². The van der Waals surface area contributed by atoms with E-state index in [2.05, 4.69) is 0 Å². The summed E-state index contributed by atoms with van der Waals surface area (Å²) in [5.41, 5.74) is 0. The fraction of sp³-hybridized carbons (Fsp3) is 0.818. The molecule has 1 N–H and O–H groups in total. The number of rotatable bonds is 6. The summed E-state index contributed by atoms with van der Waals surface area (Å²) in [4.78, 5) is 25.8. The van der Waals surface area contributed by atoms with E-state index in [1.165, 1.54) is 0 Å². The van der Waals surface area contributed by atoms with E-state index in [1.54, 1.807) is 9.80 Å². The summed E-state index contributed by atoms with van der Waals surface area (Å²) in [6.07, 6.45) is -0.00473. The van der Waals surface area contributed by atoms with Crippen molar-refractivity contribution in [2.24, 2.45) is 0 Å². The zero-order valence-electron chi connectivity index (χ0n) is 10.6. The maximum absolute atomic E-state index is 12.0. The smallest absolute Gasteiger partial charge is 0.320 e. The number of aliphatic carboxylic acids is 1. The molecule has 0 radical (unpaired) electrons. The summed E-state index contributed by atoms with van der Waals surface area (Å²) in [7, 11) is 0. The predicted molar refractivity (Wildman–Crippen MR) is 62.4 cm³/mol. The fourth-order valence-corrected chi connectivity index (χ4v) is 1.52. The van der Waals surface area contributed by atoms with Gasteiger partial charge < -0.3 is 14.9 Å². The second-order valence-electron chi connectivity index (χ2n) is 3.89. The lowest BCUT2D eigenvalue weighted by molar-refractivity contribution is -0.137. The quantitative estimate of drug-likeness (QED) is 0.754. The van der Waals surface area contributed by atoms with Gasteiger partial charge in [0.1, 0.15) is 0 Å². The second-order valence-corrected chi connectivity index (χ2v) is 3.89. The average molecular weight is 230 g/mol. The first-order chi connectivity index (χ1) is 7.43. The van der Waals surface area contributed by atoms with Gasteiger partial charge in [0.05, 0.1) is 6.42 Å². The summed E-state index contributed by atoms with van der Waals surface area (Å²) in [5, 5.41) is 8.59. The molecule has 5 nitrogen and oxygen atoms in total. The first-order valence-corrected chi connectivity index (χ1v) is 5.71. The van der Waals surface area contributed by atoms with Crippen molar-refractivity contribution in [2.75, 3.05) is 19.6 Å². The minimum Gasteiger partial charge on any atom is -0.481 e. The Morgan fingerprint density at radius 3 is 2.06 bits per heavy atom. The molecule has 94 valence electrons. The molecular weight excluding hydrogens is 208 g/mol. The van der Waals surface area contributed by atoms with Gasteiger partial charge >= 0.3 is 12.0 Å². The number of urea groups is 1. The monoisotopic (exact) mass is 230 g/mol. The Balaban J connectivity index is 4.44. The molecule has 0 unspecified atom stereocenters. The standard InChI is InChI=1S/C11H22N2O3/c1-5-12(8-7-10(14)15)11(16)13(6-2)9(3)4/h9H,5-8H2,1-4H3,(H,14,15). The topological polar surface area (TPSA) is 60.9 Å². The Labute approximate surface area is 97.0 Å². The minimum atomic E-state index is -0.876. The largest absolute Gasteiger partial charge is 0.481 e. The van der Waals surface area contributed by atoms with Crippen LogP contribution in [-0.2, 0) is 4.79 Å². The molecule has 0 aromatic carbocycles. The maximum Gasteiger partial charge on any atom is 0.320 e. The number of carbonyl (C=O) groups excluding carboxylic acids is 1. The molecule has 0 aliphatic rings. The van der Waals surface area contributed by atoms with E-state index in [9.17, 15) is 9.59 Å². The van der Waals surface area contributed by atoms with Gasteiger partial charge in [0, 0.05) is 25.7 Å². The van der Waals surface area contributed by atoms with E-state index < -0.39 is 5.97 Å². The lowest BCUT2D eigenvalue weighted by Crippen LogP contribution is -2.46. The molecule has 0 bridgehead atoms. The first-order valence-electron chi connectivity index (χ1n) is 5.71. The van der Waals surface area contributed by atoms with Crippen molar-refractivity contribution in [1.82, 2.24) is 9.80 Å². The van der Waals surface area contributed by atoms with Crippen LogP contribution in [0.1, 0.15) is 34.1 Å². The van der Waals surface area contributed by atoms with Crippen LogP contribution in [0.15, 0.2) is 0 Å². The van der Waals surface area contributed by atoms with E-state index in [4.69, 9.17) is 5.11 Å². The van der Waals surface area contributed by atoms with Gasteiger partial charge in [-0.3, -0.25) is 4.79 Å². The highest BCUT2D eigenvalue weighted by atomic mass is 16.4. The van der Waals surface area contributed by atoms with E-state index in [-0.39, 0.29) is 25.0 Å². The Morgan fingerprint density at radius 2 is 1.75 bits per heavy atom. The van der Waals surface area contributed by atoms with Crippen molar-refractivity contribution in [3.63, 3.8) is 0 Å². The van der Waals surface area contributed by atoms with Crippen LogP contribution >= 0.6 is 0 Å². The van der Waals surface area contributed by atoms with Gasteiger partial charge in [-0.25, -0.2) is 4.79 Å².